The van der Waals surface area contributed by atoms with Crippen LogP contribution in [0.3, 0.4) is 0 Å². The van der Waals surface area contributed by atoms with E-state index in [-0.39, 0.29) is 12.3 Å². The Hall–Kier alpha value is -2.73. The molecule has 0 atom stereocenters. The number of amides is 1. The minimum absolute atomic E-state index is 0.157. The summed E-state index contributed by atoms with van der Waals surface area (Å²) in [5.41, 5.74) is 2.64. The Balaban J connectivity index is 1.56. The van der Waals surface area contributed by atoms with Crippen molar-refractivity contribution in [1.82, 2.24) is 9.55 Å². The second kappa shape index (κ2) is 7.48. The predicted octanol–water partition coefficient (Wildman–Crippen LogP) is 4.05. The van der Waals surface area contributed by atoms with E-state index in [2.05, 4.69) is 17.2 Å². The average Bonchev–Trinajstić information content (AvgIpc) is 2.99. The highest BCUT2D eigenvalue weighted by Crippen LogP contribution is 2.38. The average molecular weight is 386 g/mol. The van der Waals surface area contributed by atoms with Crippen LogP contribution in [0.5, 0.6) is 11.5 Å². The van der Waals surface area contributed by atoms with E-state index in [0.717, 1.165) is 29.6 Å². The maximum Gasteiger partial charge on any atom is 0.231 e. The number of hydrogen-bond donors (Lipinski definition) is 1. The van der Waals surface area contributed by atoms with E-state index in [4.69, 9.17) is 21.1 Å². The second-order valence-corrected chi connectivity index (χ2v) is 6.81. The zero-order chi connectivity index (χ0) is 18.8. The van der Waals surface area contributed by atoms with Gasteiger partial charge in [0.05, 0.1) is 22.5 Å². The molecule has 2 heterocycles. The lowest BCUT2D eigenvalue weighted by molar-refractivity contribution is -0.115. The molecule has 1 aromatic heterocycles. The number of nitrogens with zero attached hydrogens (tertiary/aromatic N) is 2. The van der Waals surface area contributed by atoms with Gasteiger partial charge < -0.3 is 14.0 Å². The number of rotatable bonds is 5. The molecule has 4 rings (SSSR count). The highest BCUT2D eigenvalue weighted by Gasteiger charge is 2.18. The van der Waals surface area contributed by atoms with Crippen LogP contribution in [0.4, 0.5) is 5.95 Å². The fraction of sp³-hybridized carbons (Fsp3) is 0.300. The number of aryl methyl sites for hydroxylation is 1. The first-order valence-corrected chi connectivity index (χ1v) is 9.36. The van der Waals surface area contributed by atoms with E-state index >= 15 is 0 Å². The van der Waals surface area contributed by atoms with Gasteiger partial charge in [-0.2, -0.15) is 0 Å². The topological polar surface area (TPSA) is 65.4 Å². The number of imidazole rings is 1. The number of benzene rings is 2. The lowest BCUT2D eigenvalue weighted by Gasteiger charge is -2.20. The number of hydrogen-bond acceptors (Lipinski definition) is 4. The number of anilines is 1. The van der Waals surface area contributed by atoms with E-state index in [1.54, 1.807) is 12.1 Å². The number of ether oxygens (including phenoxy) is 2. The molecule has 7 heteroatoms. The molecule has 1 aliphatic heterocycles. The van der Waals surface area contributed by atoms with Crippen LogP contribution in [0.1, 0.15) is 18.9 Å². The summed E-state index contributed by atoms with van der Waals surface area (Å²) >= 11 is 6.26. The standard InChI is InChI=1S/C20H20ClN3O3/c1-2-7-24-16-6-4-3-5-15(16)22-20(24)23-18(25)12-13-10-14(21)19-17(11-13)26-8-9-27-19/h3-6,10-11H,2,7-9,12H2,1H3,(H,22,23,25). The third-order valence-corrected chi connectivity index (χ3v) is 4.66. The van der Waals surface area contributed by atoms with Crippen molar-refractivity contribution < 1.29 is 14.3 Å². The van der Waals surface area contributed by atoms with Gasteiger partial charge in [0.2, 0.25) is 11.9 Å². The maximum atomic E-state index is 12.6. The molecule has 0 unspecified atom stereocenters. The first-order chi connectivity index (χ1) is 13.2. The van der Waals surface area contributed by atoms with Crippen LogP contribution in [-0.4, -0.2) is 28.7 Å². The number of aromatic nitrogens is 2. The van der Waals surface area contributed by atoms with Gasteiger partial charge in [0.1, 0.15) is 13.2 Å². The van der Waals surface area contributed by atoms with Gasteiger partial charge in [-0.3, -0.25) is 10.1 Å². The lowest BCUT2D eigenvalue weighted by atomic mass is 10.1. The third kappa shape index (κ3) is 3.57. The Morgan fingerprint density at radius 1 is 1.26 bits per heavy atom. The van der Waals surface area contributed by atoms with E-state index < -0.39 is 0 Å². The Labute approximate surface area is 162 Å². The molecule has 1 amide bonds. The fourth-order valence-corrected chi connectivity index (χ4v) is 3.53. The molecule has 0 aliphatic carbocycles. The normalized spacial score (nSPS) is 13.0. The van der Waals surface area contributed by atoms with E-state index in [1.807, 2.05) is 28.8 Å². The van der Waals surface area contributed by atoms with Gasteiger partial charge in [-0.25, -0.2) is 4.98 Å². The van der Waals surface area contributed by atoms with Gasteiger partial charge >= 0.3 is 0 Å². The molecular formula is C20H20ClN3O3. The van der Waals surface area contributed by atoms with Crippen molar-refractivity contribution in [3.8, 4) is 11.5 Å². The number of carbonyl (C=O) groups excluding carboxylic acids is 1. The van der Waals surface area contributed by atoms with Crippen LogP contribution in [-0.2, 0) is 17.8 Å². The van der Waals surface area contributed by atoms with Gasteiger partial charge in [-0.15, -0.1) is 0 Å². The second-order valence-electron chi connectivity index (χ2n) is 6.40. The smallest absolute Gasteiger partial charge is 0.231 e. The summed E-state index contributed by atoms with van der Waals surface area (Å²) in [6.07, 6.45) is 1.12. The Morgan fingerprint density at radius 2 is 2.07 bits per heavy atom. The zero-order valence-corrected chi connectivity index (χ0v) is 15.8. The van der Waals surface area contributed by atoms with Crippen molar-refractivity contribution in [3.05, 3.63) is 47.0 Å². The van der Waals surface area contributed by atoms with Gasteiger partial charge in [0.25, 0.3) is 0 Å². The first kappa shape index (κ1) is 17.7. The van der Waals surface area contributed by atoms with Crippen molar-refractivity contribution in [2.45, 2.75) is 26.3 Å². The molecule has 0 radical (unpaired) electrons. The first-order valence-electron chi connectivity index (χ1n) is 8.99. The summed E-state index contributed by atoms with van der Waals surface area (Å²) in [7, 11) is 0. The third-order valence-electron chi connectivity index (χ3n) is 4.37. The van der Waals surface area contributed by atoms with Gasteiger partial charge in [0.15, 0.2) is 11.5 Å². The zero-order valence-electron chi connectivity index (χ0n) is 15.0. The molecule has 27 heavy (non-hydrogen) atoms. The molecule has 2 aromatic carbocycles. The molecule has 0 bridgehead atoms. The van der Waals surface area contributed by atoms with Crippen molar-refractivity contribution >= 4 is 34.5 Å². The van der Waals surface area contributed by atoms with Gasteiger partial charge in [-0.05, 0) is 36.2 Å². The monoisotopic (exact) mass is 385 g/mol. The molecule has 1 N–H and O–H groups in total. The summed E-state index contributed by atoms with van der Waals surface area (Å²) < 4.78 is 13.1. The number of para-hydroxylation sites is 2. The SMILES string of the molecule is CCCn1c(NC(=O)Cc2cc(Cl)c3c(c2)OCCO3)nc2ccccc21. The maximum absolute atomic E-state index is 12.6. The summed E-state index contributed by atoms with van der Waals surface area (Å²) in [5.74, 6) is 1.52. The summed E-state index contributed by atoms with van der Waals surface area (Å²) in [6.45, 7) is 3.82. The fourth-order valence-electron chi connectivity index (χ4n) is 3.24. The lowest BCUT2D eigenvalue weighted by Crippen LogP contribution is -2.19. The van der Waals surface area contributed by atoms with E-state index in [0.29, 0.717) is 35.7 Å². The molecule has 0 saturated heterocycles. The van der Waals surface area contributed by atoms with Crippen molar-refractivity contribution in [2.75, 3.05) is 18.5 Å². The minimum atomic E-state index is -0.157. The number of nitrogens with one attached hydrogen (secondary N) is 1. The van der Waals surface area contributed by atoms with Crippen LogP contribution >= 0.6 is 11.6 Å². The number of halogens is 1. The van der Waals surface area contributed by atoms with E-state index in [9.17, 15) is 4.79 Å². The summed E-state index contributed by atoms with van der Waals surface area (Å²) in [4.78, 5) is 17.2. The van der Waals surface area contributed by atoms with Crippen LogP contribution in [0.25, 0.3) is 11.0 Å². The summed E-state index contributed by atoms with van der Waals surface area (Å²) in [6, 6.07) is 11.4. The van der Waals surface area contributed by atoms with Gasteiger partial charge in [-0.1, -0.05) is 30.7 Å². The van der Waals surface area contributed by atoms with Crippen LogP contribution < -0.4 is 14.8 Å². The largest absolute Gasteiger partial charge is 0.486 e. The highest BCUT2D eigenvalue weighted by atomic mass is 35.5. The molecular weight excluding hydrogens is 366 g/mol. The Bertz CT molecular complexity index is 1000. The molecule has 0 spiro atoms. The molecule has 6 nitrogen and oxygen atoms in total. The Morgan fingerprint density at radius 3 is 2.93 bits per heavy atom. The van der Waals surface area contributed by atoms with E-state index in [1.165, 1.54) is 0 Å². The van der Waals surface area contributed by atoms with Gasteiger partial charge in [0, 0.05) is 6.54 Å². The molecule has 3 aromatic rings. The van der Waals surface area contributed by atoms with Crippen LogP contribution in [0.15, 0.2) is 36.4 Å². The highest BCUT2D eigenvalue weighted by molar-refractivity contribution is 6.32. The van der Waals surface area contributed by atoms with Crippen LogP contribution in [0.2, 0.25) is 5.02 Å². The molecule has 0 fully saturated rings. The van der Waals surface area contributed by atoms with Crippen molar-refractivity contribution in [2.24, 2.45) is 0 Å². The predicted molar refractivity (Wildman–Crippen MR) is 105 cm³/mol. The number of fused-ring (bicyclic) bond motifs is 2. The van der Waals surface area contributed by atoms with Crippen molar-refractivity contribution in [3.63, 3.8) is 0 Å². The molecule has 0 saturated carbocycles. The van der Waals surface area contributed by atoms with Crippen molar-refractivity contribution in [1.29, 1.82) is 0 Å². The molecule has 1 aliphatic rings. The van der Waals surface area contributed by atoms with Crippen LogP contribution in [0, 0.1) is 0 Å². The quantitative estimate of drug-likeness (QED) is 0.719. The molecule has 140 valence electrons. The Kier molecular flexibility index (Phi) is 4.90. The summed E-state index contributed by atoms with van der Waals surface area (Å²) in [5, 5.41) is 3.38. The minimum Gasteiger partial charge on any atom is -0.486 e. The number of carbonyl (C=O) groups is 1.